The molecule has 7 nitrogen and oxygen atoms in total. The molecule has 1 fully saturated rings. The SMILES string of the molecule is Cc1cc(OCc2ccc(C3(C)CCN(C(C)C(=O)NO)C3=O)cc2)cc(C)n1. The first-order valence-corrected chi connectivity index (χ1v) is 9.67. The summed E-state index contributed by atoms with van der Waals surface area (Å²) in [6, 6.07) is 10.9. The predicted molar refractivity (Wildman–Crippen MR) is 108 cm³/mol. The molecule has 3 rings (SSSR count). The van der Waals surface area contributed by atoms with Gasteiger partial charge in [0.05, 0.1) is 5.41 Å². The van der Waals surface area contributed by atoms with Crippen molar-refractivity contribution in [2.24, 2.45) is 0 Å². The van der Waals surface area contributed by atoms with Crippen LogP contribution in [0.5, 0.6) is 5.75 Å². The topological polar surface area (TPSA) is 91.8 Å². The zero-order valence-corrected chi connectivity index (χ0v) is 17.2. The Bertz CT molecular complexity index is 893. The van der Waals surface area contributed by atoms with Crippen molar-refractivity contribution >= 4 is 11.8 Å². The van der Waals surface area contributed by atoms with Crippen molar-refractivity contribution in [2.75, 3.05) is 6.54 Å². The summed E-state index contributed by atoms with van der Waals surface area (Å²) in [5, 5.41) is 8.84. The van der Waals surface area contributed by atoms with Crippen LogP contribution in [0.3, 0.4) is 0 Å². The number of hydroxylamine groups is 1. The fourth-order valence-electron chi connectivity index (χ4n) is 3.76. The van der Waals surface area contributed by atoms with Crippen molar-refractivity contribution in [3.63, 3.8) is 0 Å². The van der Waals surface area contributed by atoms with Crippen LogP contribution in [-0.4, -0.2) is 39.5 Å². The number of carbonyl (C=O) groups is 2. The van der Waals surface area contributed by atoms with E-state index in [0.29, 0.717) is 19.6 Å². The van der Waals surface area contributed by atoms with E-state index < -0.39 is 17.4 Å². The van der Waals surface area contributed by atoms with E-state index in [0.717, 1.165) is 28.3 Å². The lowest BCUT2D eigenvalue weighted by Gasteiger charge is -2.27. The molecule has 0 saturated carbocycles. The van der Waals surface area contributed by atoms with Crippen LogP contribution in [0.15, 0.2) is 36.4 Å². The molecule has 7 heteroatoms. The Labute approximate surface area is 170 Å². The number of nitrogens with zero attached hydrogens (tertiary/aromatic N) is 2. The van der Waals surface area contributed by atoms with Crippen molar-refractivity contribution in [1.82, 2.24) is 15.4 Å². The number of benzene rings is 1. The maximum atomic E-state index is 13.0. The zero-order chi connectivity index (χ0) is 21.2. The first kappa shape index (κ1) is 20.8. The average Bonchev–Trinajstić information content (AvgIpc) is 3.00. The number of pyridine rings is 1. The van der Waals surface area contributed by atoms with Crippen molar-refractivity contribution in [1.29, 1.82) is 0 Å². The third-order valence-electron chi connectivity index (χ3n) is 5.59. The van der Waals surface area contributed by atoms with Gasteiger partial charge in [-0.1, -0.05) is 24.3 Å². The summed E-state index contributed by atoms with van der Waals surface area (Å²) in [6.45, 7) is 8.26. The van der Waals surface area contributed by atoms with Gasteiger partial charge in [0.25, 0.3) is 5.91 Å². The molecule has 2 aromatic rings. The quantitative estimate of drug-likeness (QED) is 0.578. The summed E-state index contributed by atoms with van der Waals surface area (Å²) >= 11 is 0. The van der Waals surface area contributed by atoms with Gasteiger partial charge >= 0.3 is 0 Å². The van der Waals surface area contributed by atoms with Gasteiger partial charge in [0.2, 0.25) is 5.91 Å². The molecule has 1 aliphatic heterocycles. The first-order valence-electron chi connectivity index (χ1n) is 9.67. The highest BCUT2D eigenvalue weighted by atomic mass is 16.5. The minimum Gasteiger partial charge on any atom is -0.489 e. The number of aromatic nitrogens is 1. The lowest BCUT2D eigenvalue weighted by molar-refractivity contribution is -0.143. The smallest absolute Gasteiger partial charge is 0.265 e. The Balaban J connectivity index is 1.69. The van der Waals surface area contributed by atoms with E-state index >= 15 is 0 Å². The van der Waals surface area contributed by atoms with Gasteiger partial charge in [-0.2, -0.15) is 0 Å². The standard InChI is InChI=1S/C22H27N3O4/c1-14-11-19(12-15(2)23-14)29-13-17-5-7-18(8-6-17)22(4)9-10-25(21(22)27)16(3)20(26)24-28/h5-8,11-12,16,28H,9-10,13H2,1-4H3,(H,24,26). The molecule has 0 aliphatic carbocycles. The first-order chi connectivity index (χ1) is 13.7. The Kier molecular flexibility index (Phi) is 5.88. The van der Waals surface area contributed by atoms with Crippen LogP contribution < -0.4 is 10.2 Å². The van der Waals surface area contributed by atoms with Gasteiger partial charge in [-0.25, -0.2) is 5.48 Å². The monoisotopic (exact) mass is 397 g/mol. The molecule has 2 heterocycles. The van der Waals surface area contributed by atoms with Crippen LogP contribution in [0.1, 0.15) is 42.8 Å². The summed E-state index contributed by atoms with van der Waals surface area (Å²) in [6.07, 6.45) is 0.611. The van der Waals surface area contributed by atoms with Crippen LogP contribution in [0.25, 0.3) is 0 Å². The molecule has 0 spiro atoms. The van der Waals surface area contributed by atoms with E-state index in [1.165, 1.54) is 4.90 Å². The maximum Gasteiger partial charge on any atom is 0.265 e. The number of rotatable bonds is 6. The highest BCUT2D eigenvalue weighted by Crippen LogP contribution is 2.36. The fraction of sp³-hybridized carbons (Fsp3) is 0.409. The number of hydrogen-bond acceptors (Lipinski definition) is 5. The van der Waals surface area contributed by atoms with Crippen molar-refractivity contribution in [3.05, 3.63) is 58.9 Å². The fourth-order valence-corrected chi connectivity index (χ4v) is 3.76. The van der Waals surface area contributed by atoms with Crippen LogP contribution in [0.2, 0.25) is 0 Å². The third-order valence-corrected chi connectivity index (χ3v) is 5.59. The maximum absolute atomic E-state index is 13.0. The minimum absolute atomic E-state index is 0.111. The molecule has 2 amide bonds. The number of carbonyl (C=O) groups excluding carboxylic acids is 2. The molecule has 1 aromatic heterocycles. The molecule has 2 N–H and O–H groups in total. The van der Waals surface area contributed by atoms with Gasteiger partial charge < -0.3 is 9.64 Å². The molecule has 1 aromatic carbocycles. The van der Waals surface area contributed by atoms with Crippen molar-refractivity contribution < 1.29 is 19.5 Å². The predicted octanol–water partition coefficient (Wildman–Crippen LogP) is 2.66. The second kappa shape index (κ2) is 8.21. The number of ether oxygens (including phenoxy) is 1. The van der Waals surface area contributed by atoms with Gasteiger partial charge in [0.1, 0.15) is 18.4 Å². The normalized spacial score (nSPS) is 19.9. The van der Waals surface area contributed by atoms with E-state index in [4.69, 9.17) is 9.94 Å². The second-order valence-corrected chi connectivity index (χ2v) is 7.80. The van der Waals surface area contributed by atoms with Crippen molar-refractivity contribution in [2.45, 2.75) is 52.2 Å². The Morgan fingerprint density at radius 3 is 2.48 bits per heavy atom. The second-order valence-electron chi connectivity index (χ2n) is 7.80. The third kappa shape index (κ3) is 4.24. The van der Waals surface area contributed by atoms with Gasteiger partial charge in [0, 0.05) is 30.1 Å². The summed E-state index contributed by atoms with van der Waals surface area (Å²) in [4.78, 5) is 30.5. The van der Waals surface area contributed by atoms with E-state index in [1.807, 2.05) is 57.2 Å². The van der Waals surface area contributed by atoms with E-state index in [2.05, 4.69) is 4.98 Å². The molecule has 29 heavy (non-hydrogen) atoms. The largest absolute Gasteiger partial charge is 0.489 e. The van der Waals surface area contributed by atoms with Crippen LogP contribution >= 0.6 is 0 Å². The lowest BCUT2D eigenvalue weighted by atomic mass is 9.81. The number of aryl methyl sites for hydroxylation is 2. The van der Waals surface area contributed by atoms with Crippen molar-refractivity contribution in [3.8, 4) is 5.75 Å². The van der Waals surface area contributed by atoms with E-state index in [-0.39, 0.29) is 5.91 Å². The number of amides is 2. The molecular formula is C22H27N3O4. The number of nitrogens with one attached hydrogen (secondary N) is 1. The molecule has 2 atom stereocenters. The molecule has 0 bridgehead atoms. The van der Waals surface area contributed by atoms with Crippen LogP contribution in [0.4, 0.5) is 0 Å². The summed E-state index contributed by atoms with van der Waals surface area (Å²) < 4.78 is 5.87. The summed E-state index contributed by atoms with van der Waals surface area (Å²) in [7, 11) is 0. The Morgan fingerprint density at radius 2 is 1.90 bits per heavy atom. The molecular weight excluding hydrogens is 370 g/mol. The molecule has 2 unspecified atom stereocenters. The number of likely N-dealkylation sites (tertiary alicyclic amines) is 1. The van der Waals surface area contributed by atoms with Crippen LogP contribution in [0, 0.1) is 13.8 Å². The van der Waals surface area contributed by atoms with E-state index in [9.17, 15) is 9.59 Å². The van der Waals surface area contributed by atoms with Gasteiger partial charge in [-0.15, -0.1) is 0 Å². The van der Waals surface area contributed by atoms with Crippen LogP contribution in [-0.2, 0) is 21.6 Å². The summed E-state index contributed by atoms with van der Waals surface area (Å²) in [5.74, 6) is 0.0841. The molecule has 1 aliphatic rings. The van der Waals surface area contributed by atoms with E-state index in [1.54, 1.807) is 12.4 Å². The highest BCUT2D eigenvalue weighted by molar-refractivity contribution is 5.94. The van der Waals surface area contributed by atoms with Gasteiger partial charge in [0.15, 0.2) is 0 Å². The zero-order valence-electron chi connectivity index (χ0n) is 17.2. The molecule has 0 radical (unpaired) electrons. The van der Waals surface area contributed by atoms with Gasteiger partial charge in [-0.05, 0) is 45.2 Å². The van der Waals surface area contributed by atoms with Gasteiger partial charge in [-0.3, -0.25) is 19.8 Å². The lowest BCUT2D eigenvalue weighted by Crippen LogP contribution is -2.47. The Hall–Kier alpha value is -2.93. The summed E-state index contributed by atoms with van der Waals surface area (Å²) in [5.41, 5.74) is 4.66. The Morgan fingerprint density at radius 1 is 1.28 bits per heavy atom. The average molecular weight is 397 g/mol. The molecule has 1 saturated heterocycles. The highest BCUT2D eigenvalue weighted by Gasteiger charge is 2.46. The minimum atomic E-state index is -0.714. The number of hydrogen-bond donors (Lipinski definition) is 2. The molecule has 154 valence electrons.